The number of nitrogens with zero attached hydrogens (tertiary/aromatic N) is 2. The molecule has 0 saturated carbocycles. The number of piperidine rings is 1. The number of alkyl halides is 3. The van der Waals surface area contributed by atoms with Gasteiger partial charge in [-0.25, -0.2) is 0 Å². The zero-order chi connectivity index (χ0) is 18.7. The van der Waals surface area contributed by atoms with E-state index >= 15 is 0 Å². The summed E-state index contributed by atoms with van der Waals surface area (Å²) in [5.41, 5.74) is 0.189. The molecule has 2 aliphatic rings. The summed E-state index contributed by atoms with van der Waals surface area (Å²) < 4.78 is 44.3. The van der Waals surface area contributed by atoms with Gasteiger partial charge in [-0.2, -0.15) is 13.2 Å². The van der Waals surface area contributed by atoms with E-state index in [9.17, 15) is 13.2 Å². The molecule has 0 unspecified atom stereocenters. The second-order valence-electron chi connectivity index (χ2n) is 7.89. The average molecular weight is 370 g/mol. The van der Waals surface area contributed by atoms with Crippen LogP contribution in [-0.4, -0.2) is 54.7 Å². The van der Waals surface area contributed by atoms with Gasteiger partial charge in [0.15, 0.2) is 0 Å². The summed E-state index contributed by atoms with van der Waals surface area (Å²) in [7, 11) is 0. The quantitative estimate of drug-likeness (QED) is 0.796. The van der Waals surface area contributed by atoms with Crippen molar-refractivity contribution < 1.29 is 17.9 Å². The number of hydrogen-bond donors (Lipinski definition) is 0. The molecule has 0 bridgehead atoms. The summed E-state index contributed by atoms with van der Waals surface area (Å²) in [5.74, 6) is 0.672. The zero-order valence-corrected chi connectivity index (χ0v) is 15.6. The summed E-state index contributed by atoms with van der Waals surface area (Å²) in [6, 6.07) is 5.71. The van der Waals surface area contributed by atoms with Crippen LogP contribution in [0.5, 0.6) is 0 Å². The summed E-state index contributed by atoms with van der Waals surface area (Å²) >= 11 is 0. The Labute approximate surface area is 154 Å². The Kier molecular flexibility index (Phi) is 6.25. The Morgan fingerprint density at radius 3 is 2.31 bits per heavy atom. The van der Waals surface area contributed by atoms with Crippen molar-refractivity contribution in [3.63, 3.8) is 0 Å². The van der Waals surface area contributed by atoms with Crippen molar-refractivity contribution in [2.45, 2.75) is 51.6 Å². The number of ether oxygens (including phenoxy) is 1. The molecule has 2 aliphatic heterocycles. The first-order valence-electron chi connectivity index (χ1n) is 9.56. The largest absolute Gasteiger partial charge is 0.416 e. The van der Waals surface area contributed by atoms with E-state index < -0.39 is 11.7 Å². The van der Waals surface area contributed by atoms with Crippen LogP contribution in [0.1, 0.15) is 37.8 Å². The molecule has 3 nitrogen and oxygen atoms in total. The molecular weight excluding hydrogens is 341 g/mol. The van der Waals surface area contributed by atoms with Gasteiger partial charge >= 0.3 is 6.18 Å². The summed E-state index contributed by atoms with van der Waals surface area (Å²) in [6.45, 7) is 9.86. The van der Waals surface area contributed by atoms with Crippen molar-refractivity contribution in [3.05, 3.63) is 35.4 Å². The number of benzene rings is 1. The van der Waals surface area contributed by atoms with Crippen molar-refractivity contribution >= 4 is 0 Å². The molecule has 0 aromatic heterocycles. The molecule has 0 aliphatic carbocycles. The molecule has 1 aromatic carbocycles. The molecule has 0 radical (unpaired) electrons. The SMILES string of the molecule is C[C@H]1CN(CC2CCN(Cc3cccc(C(F)(F)F)c3)CC2)C[C@H](C)O1. The third-order valence-electron chi connectivity index (χ3n) is 5.38. The first-order valence-corrected chi connectivity index (χ1v) is 9.56. The first-order chi connectivity index (χ1) is 12.3. The van der Waals surface area contributed by atoms with Gasteiger partial charge in [0.2, 0.25) is 0 Å². The molecule has 2 fully saturated rings. The van der Waals surface area contributed by atoms with Gasteiger partial charge in [-0.1, -0.05) is 18.2 Å². The van der Waals surface area contributed by atoms with Gasteiger partial charge < -0.3 is 4.74 Å². The standard InChI is InChI=1S/C20H29F3N2O/c1-15-11-25(12-16(2)26-15)13-17-6-8-24(9-7-17)14-18-4-3-5-19(10-18)20(21,22)23/h3-5,10,15-17H,6-9,11-14H2,1-2H3/t15-,16-/m0/s1. The van der Waals surface area contributed by atoms with E-state index in [0.717, 1.165) is 57.2 Å². The summed E-state index contributed by atoms with van der Waals surface area (Å²) in [4.78, 5) is 4.78. The van der Waals surface area contributed by atoms with E-state index in [2.05, 4.69) is 23.6 Å². The summed E-state index contributed by atoms with van der Waals surface area (Å²) in [5, 5.41) is 0. The number of hydrogen-bond acceptors (Lipinski definition) is 3. The highest BCUT2D eigenvalue weighted by molar-refractivity contribution is 5.25. The lowest BCUT2D eigenvalue weighted by molar-refractivity contribution is -0.137. The van der Waals surface area contributed by atoms with Crippen LogP contribution in [0.2, 0.25) is 0 Å². The van der Waals surface area contributed by atoms with Crippen LogP contribution in [0, 0.1) is 5.92 Å². The van der Waals surface area contributed by atoms with Crippen LogP contribution in [0.25, 0.3) is 0 Å². The Morgan fingerprint density at radius 2 is 1.69 bits per heavy atom. The van der Waals surface area contributed by atoms with Crippen LogP contribution in [-0.2, 0) is 17.5 Å². The van der Waals surface area contributed by atoms with Crippen LogP contribution in [0.3, 0.4) is 0 Å². The fourth-order valence-electron chi connectivity index (χ4n) is 4.23. The van der Waals surface area contributed by atoms with Crippen molar-refractivity contribution in [2.24, 2.45) is 5.92 Å². The van der Waals surface area contributed by atoms with Crippen LogP contribution in [0.15, 0.2) is 24.3 Å². The minimum Gasteiger partial charge on any atom is -0.373 e. The van der Waals surface area contributed by atoms with E-state index in [4.69, 9.17) is 4.74 Å². The van der Waals surface area contributed by atoms with Crippen LogP contribution < -0.4 is 0 Å². The average Bonchev–Trinajstić information content (AvgIpc) is 2.55. The number of rotatable bonds is 4. The van der Waals surface area contributed by atoms with Gasteiger partial charge in [-0.3, -0.25) is 9.80 Å². The normalized spacial score (nSPS) is 27.0. The molecule has 2 heterocycles. The van der Waals surface area contributed by atoms with E-state index in [1.54, 1.807) is 6.07 Å². The lowest BCUT2D eigenvalue weighted by Crippen LogP contribution is -2.48. The Morgan fingerprint density at radius 1 is 1.04 bits per heavy atom. The molecule has 0 spiro atoms. The van der Waals surface area contributed by atoms with E-state index in [-0.39, 0.29) is 0 Å². The Bertz CT molecular complexity index is 575. The number of halogens is 3. The molecule has 3 rings (SSSR count). The third-order valence-corrected chi connectivity index (χ3v) is 5.38. The highest BCUT2D eigenvalue weighted by Crippen LogP contribution is 2.30. The molecule has 0 amide bonds. The van der Waals surface area contributed by atoms with Crippen molar-refractivity contribution in [2.75, 3.05) is 32.7 Å². The highest BCUT2D eigenvalue weighted by Gasteiger charge is 2.31. The third kappa shape index (κ3) is 5.44. The first kappa shape index (κ1) is 19.6. The maximum atomic E-state index is 12.8. The van der Waals surface area contributed by atoms with Gasteiger partial charge in [0, 0.05) is 26.2 Å². The van der Waals surface area contributed by atoms with Crippen LogP contribution in [0.4, 0.5) is 13.2 Å². The Balaban J connectivity index is 1.47. The minimum absolute atomic E-state index is 0.291. The van der Waals surface area contributed by atoms with Crippen LogP contribution >= 0.6 is 0 Å². The molecule has 146 valence electrons. The minimum atomic E-state index is -4.27. The smallest absolute Gasteiger partial charge is 0.373 e. The monoisotopic (exact) mass is 370 g/mol. The molecular formula is C20H29F3N2O. The predicted octanol–water partition coefficient (Wildman–Crippen LogP) is 4.03. The second kappa shape index (κ2) is 8.28. The lowest BCUT2D eigenvalue weighted by atomic mass is 9.95. The van der Waals surface area contributed by atoms with Gasteiger partial charge in [0.05, 0.1) is 17.8 Å². The molecule has 0 N–H and O–H groups in total. The molecule has 26 heavy (non-hydrogen) atoms. The number of likely N-dealkylation sites (tertiary alicyclic amines) is 1. The topological polar surface area (TPSA) is 15.7 Å². The van der Waals surface area contributed by atoms with Crippen molar-refractivity contribution in [1.82, 2.24) is 9.80 Å². The van der Waals surface area contributed by atoms with Gasteiger partial charge in [-0.15, -0.1) is 0 Å². The van der Waals surface area contributed by atoms with E-state index in [1.807, 2.05) is 0 Å². The maximum Gasteiger partial charge on any atom is 0.416 e. The molecule has 6 heteroatoms. The zero-order valence-electron chi connectivity index (χ0n) is 15.6. The number of morpholine rings is 1. The van der Waals surface area contributed by atoms with Crippen molar-refractivity contribution in [1.29, 1.82) is 0 Å². The lowest BCUT2D eigenvalue weighted by Gasteiger charge is -2.39. The predicted molar refractivity (Wildman–Crippen MR) is 95.9 cm³/mol. The van der Waals surface area contributed by atoms with Gasteiger partial charge in [-0.05, 0) is 57.3 Å². The highest BCUT2D eigenvalue weighted by atomic mass is 19.4. The van der Waals surface area contributed by atoms with E-state index in [1.165, 1.54) is 12.1 Å². The fourth-order valence-corrected chi connectivity index (χ4v) is 4.23. The molecule has 2 atom stereocenters. The van der Waals surface area contributed by atoms with Crippen molar-refractivity contribution in [3.8, 4) is 0 Å². The summed E-state index contributed by atoms with van der Waals surface area (Å²) in [6.07, 6.45) is -1.47. The van der Waals surface area contributed by atoms with E-state index in [0.29, 0.717) is 24.7 Å². The van der Waals surface area contributed by atoms with Gasteiger partial charge in [0.25, 0.3) is 0 Å². The fraction of sp³-hybridized carbons (Fsp3) is 0.700. The Hall–Kier alpha value is -1.11. The maximum absolute atomic E-state index is 12.8. The second-order valence-corrected chi connectivity index (χ2v) is 7.89. The molecule has 1 aromatic rings. The molecule has 2 saturated heterocycles. The van der Waals surface area contributed by atoms with Gasteiger partial charge in [0.1, 0.15) is 0 Å².